The highest BCUT2D eigenvalue weighted by Gasteiger charge is 2.42. The Labute approximate surface area is 241 Å². The fourth-order valence-electron chi connectivity index (χ4n) is 5.87. The molecule has 0 radical (unpaired) electrons. The standard InChI is InChI=1S/C30H33Cl2N3O3S/c1-21-6-3-4-9-26(21)27-12-13-35(39(37,38)25-8-5-7-23(31)18-25)20-28(27)30(36)34-16-14-33(15-17-34)29-19-24(32)11-10-22(29)2/h3-11,18-19,27-28H,12-17,20H2,1-2H3/t27-,28+/m0/s1. The third kappa shape index (κ3) is 5.82. The van der Waals surface area contributed by atoms with Crippen LogP contribution in [0.5, 0.6) is 0 Å². The number of hydrogen-bond donors (Lipinski definition) is 0. The Morgan fingerprint density at radius 2 is 1.54 bits per heavy atom. The summed E-state index contributed by atoms with van der Waals surface area (Å²) in [6, 6.07) is 20.3. The molecule has 0 bridgehead atoms. The minimum absolute atomic E-state index is 0.0108. The topological polar surface area (TPSA) is 60.9 Å². The molecular formula is C30H33Cl2N3O3S. The summed E-state index contributed by atoms with van der Waals surface area (Å²) in [4.78, 5) is 18.4. The Morgan fingerprint density at radius 1 is 0.821 bits per heavy atom. The third-order valence-electron chi connectivity index (χ3n) is 8.02. The summed E-state index contributed by atoms with van der Waals surface area (Å²) in [5, 5.41) is 1.06. The van der Waals surface area contributed by atoms with Crippen molar-refractivity contribution in [1.82, 2.24) is 9.21 Å². The molecule has 2 aliphatic heterocycles. The summed E-state index contributed by atoms with van der Waals surface area (Å²) >= 11 is 12.4. The van der Waals surface area contributed by atoms with E-state index in [1.165, 1.54) is 10.4 Å². The molecule has 2 aliphatic rings. The van der Waals surface area contributed by atoms with Gasteiger partial charge < -0.3 is 9.80 Å². The second-order valence-electron chi connectivity index (χ2n) is 10.4. The van der Waals surface area contributed by atoms with E-state index in [1.54, 1.807) is 18.2 Å². The fourth-order valence-corrected chi connectivity index (χ4v) is 7.82. The summed E-state index contributed by atoms with van der Waals surface area (Å²) < 4.78 is 28.6. The number of halogens is 2. The van der Waals surface area contributed by atoms with Crippen molar-refractivity contribution in [2.45, 2.75) is 31.1 Å². The number of piperazine rings is 1. The molecule has 6 nitrogen and oxygen atoms in total. The highest BCUT2D eigenvalue weighted by Crippen LogP contribution is 2.38. The summed E-state index contributed by atoms with van der Waals surface area (Å²) in [6.45, 7) is 7.13. The predicted octanol–water partition coefficient (Wildman–Crippen LogP) is 5.75. The Bertz CT molecular complexity index is 1470. The first-order chi connectivity index (χ1) is 18.6. The van der Waals surface area contributed by atoms with Gasteiger partial charge in [-0.25, -0.2) is 8.42 Å². The highest BCUT2D eigenvalue weighted by molar-refractivity contribution is 7.89. The summed E-state index contributed by atoms with van der Waals surface area (Å²) in [5.74, 6) is -0.525. The van der Waals surface area contributed by atoms with Crippen LogP contribution in [-0.4, -0.2) is 62.8 Å². The van der Waals surface area contributed by atoms with E-state index in [4.69, 9.17) is 23.2 Å². The number of hydrogen-bond acceptors (Lipinski definition) is 4. The monoisotopic (exact) mass is 585 g/mol. The van der Waals surface area contributed by atoms with Crippen LogP contribution in [0.2, 0.25) is 10.0 Å². The molecule has 0 saturated carbocycles. The van der Waals surface area contributed by atoms with Crippen LogP contribution in [0, 0.1) is 19.8 Å². The van der Waals surface area contributed by atoms with Gasteiger partial charge in [-0.05, 0) is 73.2 Å². The quantitative estimate of drug-likeness (QED) is 0.382. The fraction of sp³-hybridized carbons (Fsp3) is 0.367. The largest absolute Gasteiger partial charge is 0.368 e. The molecule has 2 fully saturated rings. The number of anilines is 1. The number of sulfonamides is 1. The van der Waals surface area contributed by atoms with E-state index in [0.717, 1.165) is 22.4 Å². The average molecular weight is 587 g/mol. The molecule has 0 spiro atoms. The molecule has 39 heavy (non-hydrogen) atoms. The third-order valence-corrected chi connectivity index (χ3v) is 10.3. The first-order valence-electron chi connectivity index (χ1n) is 13.3. The molecule has 9 heteroatoms. The second kappa shape index (κ2) is 11.5. The van der Waals surface area contributed by atoms with Crippen LogP contribution in [0.4, 0.5) is 5.69 Å². The number of carbonyl (C=O) groups is 1. The van der Waals surface area contributed by atoms with Crippen molar-refractivity contribution in [3.05, 3.63) is 93.5 Å². The van der Waals surface area contributed by atoms with Crippen molar-refractivity contribution in [2.75, 3.05) is 44.2 Å². The summed E-state index contributed by atoms with van der Waals surface area (Å²) in [7, 11) is -3.79. The summed E-state index contributed by atoms with van der Waals surface area (Å²) in [5.41, 5.74) is 4.47. The lowest BCUT2D eigenvalue weighted by Crippen LogP contribution is -2.54. The van der Waals surface area contributed by atoms with Gasteiger partial charge in [-0.3, -0.25) is 4.79 Å². The molecule has 0 aromatic heterocycles. The molecule has 3 aromatic rings. The molecule has 2 atom stereocenters. The van der Waals surface area contributed by atoms with Gasteiger partial charge in [0.15, 0.2) is 0 Å². The minimum atomic E-state index is -3.79. The normalized spacial score (nSPS) is 20.7. The lowest BCUT2D eigenvalue weighted by atomic mass is 9.78. The molecule has 0 aliphatic carbocycles. The number of amides is 1. The van der Waals surface area contributed by atoms with Crippen molar-refractivity contribution in [3.63, 3.8) is 0 Å². The number of benzene rings is 3. The Hall–Kier alpha value is -2.58. The first kappa shape index (κ1) is 28.0. The van der Waals surface area contributed by atoms with E-state index < -0.39 is 15.9 Å². The van der Waals surface area contributed by atoms with Crippen molar-refractivity contribution >= 4 is 44.8 Å². The Kier molecular flexibility index (Phi) is 8.24. The Morgan fingerprint density at radius 3 is 2.26 bits per heavy atom. The van der Waals surface area contributed by atoms with Gasteiger partial charge in [0, 0.05) is 55.0 Å². The van der Waals surface area contributed by atoms with Crippen LogP contribution >= 0.6 is 23.2 Å². The van der Waals surface area contributed by atoms with Crippen molar-refractivity contribution in [3.8, 4) is 0 Å². The smallest absolute Gasteiger partial charge is 0.243 e. The molecule has 2 saturated heterocycles. The minimum Gasteiger partial charge on any atom is -0.368 e. The van der Waals surface area contributed by atoms with Gasteiger partial charge in [0.25, 0.3) is 0 Å². The maximum atomic E-state index is 14.1. The molecular weight excluding hydrogens is 553 g/mol. The maximum Gasteiger partial charge on any atom is 0.243 e. The summed E-state index contributed by atoms with van der Waals surface area (Å²) in [6.07, 6.45) is 0.572. The van der Waals surface area contributed by atoms with Gasteiger partial charge in [0.2, 0.25) is 15.9 Å². The van der Waals surface area contributed by atoms with Crippen LogP contribution in [-0.2, 0) is 14.8 Å². The van der Waals surface area contributed by atoms with Gasteiger partial charge in [0.1, 0.15) is 0 Å². The lowest BCUT2D eigenvalue weighted by Gasteiger charge is -2.42. The van der Waals surface area contributed by atoms with Crippen molar-refractivity contribution < 1.29 is 13.2 Å². The lowest BCUT2D eigenvalue weighted by molar-refractivity contribution is -0.137. The van der Waals surface area contributed by atoms with E-state index in [0.29, 0.717) is 49.2 Å². The van der Waals surface area contributed by atoms with Crippen LogP contribution in [0.3, 0.4) is 0 Å². The number of aryl methyl sites for hydroxylation is 2. The second-order valence-corrected chi connectivity index (χ2v) is 13.2. The molecule has 0 N–H and O–H groups in total. The molecule has 0 unspecified atom stereocenters. The zero-order valence-electron chi connectivity index (χ0n) is 22.2. The SMILES string of the molecule is Cc1ccccc1[C@@H]1CCN(S(=O)(=O)c2cccc(Cl)c2)C[C@H]1C(=O)N1CCN(c2cc(Cl)ccc2C)CC1. The molecule has 5 rings (SSSR count). The van der Waals surface area contributed by atoms with Gasteiger partial charge in [-0.1, -0.05) is 59.6 Å². The van der Waals surface area contributed by atoms with E-state index in [2.05, 4.69) is 30.9 Å². The van der Waals surface area contributed by atoms with E-state index in [1.807, 2.05) is 35.2 Å². The first-order valence-corrected chi connectivity index (χ1v) is 15.5. The van der Waals surface area contributed by atoms with Crippen LogP contribution in [0.25, 0.3) is 0 Å². The molecule has 2 heterocycles. The zero-order chi connectivity index (χ0) is 27.7. The van der Waals surface area contributed by atoms with Crippen LogP contribution in [0.15, 0.2) is 71.6 Å². The Balaban J connectivity index is 1.39. The average Bonchev–Trinajstić information content (AvgIpc) is 2.94. The van der Waals surface area contributed by atoms with Gasteiger partial charge in [-0.15, -0.1) is 0 Å². The van der Waals surface area contributed by atoms with Gasteiger partial charge in [0.05, 0.1) is 10.8 Å². The van der Waals surface area contributed by atoms with E-state index in [-0.39, 0.29) is 23.3 Å². The predicted molar refractivity (Wildman–Crippen MR) is 157 cm³/mol. The molecule has 206 valence electrons. The van der Waals surface area contributed by atoms with E-state index >= 15 is 0 Å². The van der Waals surface area contributed by atoms with E-state index in [9.17, 15) is 13.2 Å². The van der Waals surface area contributed by atoms with Crippen LogP contribution in [0.1, 0.15) is 29.0 Å². The molecule has 3 aromatic carbocycles. The number of nitrogens with zero attached hydrogens (tertiary/aromatic N) is 3. The highest BCUT2D eigenvalue weighted by atomic mass is 35.5. The molecule has 1 amide bonds. The number of carbonyl (C=O) groups excluding carboxylic acids is 1. The van der Waals surface area contributed by atoms with Crippen molar-refractivity contribution in [1.29, 1.82) is 0 Å². The van der Waals surface area contributed by atoms with Gasteiger partial charge in [-0.2, -0.15) is 4.31 Å². The number of piperidine rings is 1. The van der Waals surface area contributed by atoms with Gasteiger partial charge >= 0.3 is 0 Å². The zero-order valence-corrected chi connectivity index (χ0v) is 24.5. The van der Waals surface area contributed by atoms with Crippen LogP contribution < -0.4 is 4.90 Å². The van der Waals surface area contributed by atoms with Crippen molar-refractivity contribution in [2.24, 2.45) is 5.92 Å². The maximum absolute atomic E-state index is 14.1. The number of rotatable bonds is 5.